The lowest BCUT2D eigenvalue weighted by atomic mass is 10.2. The first-order valence-electron chi connectivity index (χ1n) is 8.59. The highest BCUT2D eigenvalue weighted by molar-refractivity contribution is 5.97. The molecule has 1 aliphatic rings. The molecule has 1 aliphatic heterocycles. The fraction of sp³-hybridized carbons (Fsp3) is 0.316. The maximum absolute atomic E-state index is 13.0. The van der Waals surface area contributed by atoms with E-state index in [2.05, 4.69) is 25.3 Å². The van der Waals surface area contributed by atoms with Gasteiger partial charge in [-0.1, -0.05) is 6.07 Å². The Morgan fingerprint density at radius 3 is 2.54 bits per heavy atom. The molecule has 1 aromatic carbocycles. The third-order valence-corrected chi connectivity index (χ3v) is 4.32. The second kappa shape index (κ2) is 8.53. The standard InChI is InChI=1S/C19H22FN5O/c1-15(18-4-2-3-9-21-18)22-23-19(26)14-24-10-12-25(13-11-24)17-7-5-16(20)6-8-17/h2-9H,10-14H2,1H3,(H,23,26)/b22-15-. The summed E-state index contributed by atoms with van der Waals surface area (Å²) in [6.07, 6.45) is 1.69. The number of nitrogens with one attached hydrogen (secondary N) is 1. The number of halogens is 1. The first-order chi connectivity index (χ1) is 12.6. The summed E-state index contributed by atoms with van der Waals surface area (Å²) in [5.74, 6) is -0.374. The molecule has 0 atom stereocenters. The van der Waals surface area contributed by atoms with Gasteiger partial charge in [-0.05, 0) is 43.3 Å². The van der Waals surface area contributed by atoms with E-state index in [4.69, 9.17) is 0 Å². The summed E-state index contributed by atoms with van der Waals surface area (Å²) in [6, 6.07) is 12.1. The van der Waals surface area contributed by atoms with Gasteiger partial charge in [0.2, 0.25) is 0 Å². The number of benzene rings is 1. The van der Waals surface area contributed by atoms with Crippen LogP contribution < -0.4 is 10.3 Å². The summed E-state index contributed by atoms with van der Waals surface area (Å²) in [5, 5.41) is 4.11. The zero-order chi connectivity index (χ0) is 18.4. The third kappa shape index (κ3) is 4.86. The number of rotatable bonds is 5. The molecule has 0 unspecified atom stereocenters. The predicted molar refractivity (Wildman–Crippen MR) is 99.6 cm³/mol. The molecule has 1 N–H and O–H groups in total. The maximum atomic E-state index is 13.0. The van der Waals surface area contributed by atoms with Crippen LogP contribution in [0.1, 0.15) is 12.6 Å². The number of piperazine rings is 1. The van der Waals surface area contributed by atoms with E-state index in [1.165, 1.54) is 12.1 Å². The Kier molecular flexibility index (Phi) is 5.91. The van der Waals surface area contributed by atoms with Gasteiger partial charge in [0, 0.05) is 38.1 Å². The maximum Gasteiger partial charge on any atom is 0.254 e. The molecular formula is C19H22FN5O. The van der Waals surface area contributed by atoms with Crippen molar-refractivity contribution in [3.63, 3.8) is 0 Å². The van der Waals surface area contributed by atoms with Crippen LogP contribution >= 0.6 is 0 Å². The van der Waals surface area contributed by atoms with Gasteiger partial charge in [-0.25, -0.2) is 9.82 Å². The van der Waals surface area contributed by atoms with E-state index in [-0.39, 0.29) is 11.7 Å². The molecule has 1 aromatic heterocycles. The Labute approximate surface area is 152 Å². The molecule has 6 nitrogen and oxygen atoms in total. The van der Waals surface area contributed by atoms with Crippen LogP contribution in [0.4, 0.5) is 10.1 Å². The van der Waals surface area contributed by atoms with Gasteiger partial charge in [0.1, 0.15) is 5.82 Å². The van der Waals surface area contributed by atoms with Crippen molar-refractivity contribution < 1.29 is 9.18 Å². The van der Waals surface area contributed by atoms with E-state index in [0.717, 1.165) is 37.6 Å². The summed E-state index contributed by atoms with van der Waals surface area (Å²) in [5.41, 5.74) is 5.00. The van der Waals surface area contributed by atoms with Crippen molar-refractivity contribution >= 4 is 17.3 Å². The van der Waals surface area contributed by atoms with E-state index >= 15 is 0 Å². The number of carbonyl (C=O) groups excluding carboxylic acids is 1. The number of anilines is 1. The van der Waals surface area contributed by atoms with Crippen molar-refractivity contribution in [1.82, 2.24) is 15.3 Å². The molecule has 0 aliphatic carbocycles. The molecule has 3 rings (SSSR count). The van der Waals surface area contributed by atoms with Crippen LogP contribution in [0.5, 0.6) is 0 Å². The van der Waals surface area contributed by atoms with Gasteiger partial charge in [-0.3, -0.25) is 14.7 Å². The molecule has 1 fully saturated rings. The van der Waals surface area contributed by atoms with Crippen LogP contribution in [0, 0.1) is 5.82 Å². The summed E-state index contributed by atoms with van der Waals surface area (Å²) in [6.45, 7) is 5.26. The largest absolute Gasteiger partial charge is 0.369 e. The summed E-state index contributed by atoms with van der Waals surface area (Å²) >= 11 is 0. The Morgan fingerprint density at radius 2 is 1.88 bits per heavy atom. The zero-order valence-corrected chi connectivity index (χ0v) is 14.7. The fourth-order valence-corrected chi connectivity index (χ4v) is 2.83. The molecule has 0 spiro atoms. The molecule has 2 aromatic rings. The number of nitrogens with zero attached hydrogens (tertiary/aromatic N) is 4. The van der Waals surface area contributed by atoms with Gasteiger partial charge in [-0.2, -0.15) is 5.10 Å². The van der Waals surface area contributed by atoms with Crippen LogP contribution in [-0.4, -0.2) is 54.2 Å². The van der Waals surface area contributed by atoms with Crippen molar-refractivity contribution in [2.45, 2.75) is 6.92 Å². The Balaban J connectivity index is 1.45. The Hall–Kier alpha value is -2.80. The lowest BCUT2D eigenvalue weighted by Gasteiger charge is -2.35. The van der Waals surface area contributed by atoms with Gasteiger partial charge < -0.3 is 4.90 Å². The van der Waals surface area contributed by atoms with Gasteiger partial charge in [0.15, 0.2) is 0 Å². The van der Waals surface area contributed by atoms with E-state index < -0.39 is 0 Å². The highest BCUT2D eigenvalue weighted by Crippen LogP contribution is 2.16. The van der Waals surface area contributed by atoms with Gasteiger partial charge in [-0.15, -0.1) is 0 Å². The fourth-order valence-electron chi connectivity index (χ4n) is 2.83. The third-order valence-electron chi connectivity index (χ3n) is 4.32. The molecule has 2 heterocycles. The van der Waals surface area contributed by atoms with Crippen LogP contribution in [0.3, 0.4) is 0 Å². The summed E-state index contributed by atoms with van der Waals surface area (Å²) < 4.78 is 13.0. The number of carbonyl (C=O) groups is 1. The van der Waals surface area contributed by atoms with Crippen molar-refractivity contribution in [2.75, 3.05) is 37.6 Å². The van der Waals surface area contributed by atoms with Crippen LogP contribution in [0.15, 0.2) is 53.8 Å². The molecule has 136 valence electrons. The SMILES string of the molecule is C/C(=N/NC(=O)CN1CCN(c2ccc(F)cc2)CC1)c1ccccn1. The lowest BCUT2D eigenvalue weighted by Crippen LogP contribution is -2.49. The summed E-state index contributed by atoms with van der Waals surface area (Å²) in [7, 11) is 0. The molecule has 0 saturated carbocycles. The number of aromatic nitrogens is 1. The minimum atomic E-state index is -0.231. The molecule has 0 radical (unpaired) electrons. The minimum absolute atomic E-state index is 0.143. The van der Waals surface area contributed by atoms with Crippen molar-refractivity contribution in [3.8, 4) is 0 Å². The lowest BCUT2D eigenvalue weighted by molar-refractivity contribution is -0.122. The monoisotopic (exact) mass is 355 g/mol. The number of pyridine rings is 1. The normalized spacial score (nSPS) is 15.8. The Bertz CT molecular complexity index is 755. The van der Waals surface area contributed by atoms with Gasteiger partial charge in [0.25, 0.3) is 5.91 Å². The van der Waals surface area contributed by atoms with Crippen LogP contribution in [-0.2, 0) is 4.79 Å². The molecule has 1 amide bonds. The van der Waals surface area contributed by atoms with Gasteiger partial charge in [0.05, 0.1) is 18.0 Å². The molecule has 26 heavy (non-hydrogen) atoms. The van der Waals surface area contributed by atoms with Gasteiger partial charge >= 0.3 is 0 Å². The first-order valence-corrected chi connectivity index (χ1v) is 8.59. The number of amides is 1. The molecule has 1 saturated heterocycles. The number of hydrazone groups is 1. The van der Waals surface area contributed by atoms with Crippen LogP contribution in [0.25, 0.3) is 0 Å². The second-order valence-electron chi connectivity index (χ2n) is 6.19. The topological polar surface area (TPSA) is 60.8 Å². The molecule has 7 heteroatoms. The summed E-state index contributed by atoms with van der Waals surface area (Å²) in [4.78, 5) is 20.6. The molecule has 0 bridgehead atoms. The van der Waals surface area contributed by atoms with Crippen molar-refractivity contribution in [2.24, 2.45) is 5.10 Å². The van der Waals surface area contributed by atoms with Crippen molar-refractivity contribution in [1.29, 1.82) is 0 Å². The highest BCUT2D eigenvalue weighted by atomic mass is 19.1. The highest BCUT2D eigenvalue weighted by Gasteiger charge is 2.19. The van der Waals surface area contributed by atoms with E-state index in [1.54, 1.807) is 18.3 Å². The van der Waals surface area contributed by atoms with E-state index in [0.29, 0.717) is 12.3 Å². The van der Waals surface area contributed by atoms with E-state index in [1.807, 2.05) is 25.1 Å². The number of hydrogen-bond donors (Lipinski definition) is 1. The first kappa shape index (κ1) is 18.0. The molecular weight excluding hydrogens is 333 g/mol. The smallest absolute Gasteiger partial charge is 0.254 e. The predicted octanol–water partition coefficient (Wildman–Crippen LogP) is 1.88. The zero-order valence-electron chi connectivity index (χ0n) is 14.7. The second-order valence-corrected chi connectivity index (χ2v) is 6.19. The average Bonchev–Trinajstić information content (AvgIpc) is 2.68. The van der Waals surface area contributed by atoms with E-state index in [9.17, 15) is 9.18 Å². The minimum Gasteiger partial charge on any atom is -0.369 e. The average molecular weight is 355 g/mol. The quantitative estimate of drug-likeness (QED) is 0.657. The Morgan fingerprint density at radius 1 is 1.15 bits per heavy atom. The van der Waals surface area contributed by atoms with Crippen molar-refractivity contribution in [3.05, 3.63) is 60.2 Å². The number of hydrogen-bond acceptors (Lipinski definition) is 5. The van der Waals surface area contributed by atoms with Crippen LogP contribution in [0.2, 0.25) is 0 Å².